The summed E-state index contributed by atoms with van der Waals surface area (Å²) in [4.78, 5) is 4.84. The Morgan fingerprint density at radius 3 is 0.831 bits per heavy atom. The minimum absolute atomic E-state index is 0.0274. The molecule has 0 N–H and O–H groups in total. The minimum atomic E-state index is -0.173. The molecule has 0 aromatic heterocycles. The van der Waals surface area contributed by atoms with E-state index in [1.165, 1.54) is 100 Å². The monoisotopic (exact) mass is 1150 g/mol. The van der Waals surface area contributed by atoms with Gasteiger partial charge in [-0.1, -0.05) is 261 Å². The Bertz CT molecular complexity index is 4150. The maximum atomic E-state index is 2.58. The quantitative estimate of drug-likeness (QED) is 0.0951. The van der Waals surface area contributed by atoms with Crippen LogP contribution < -0.4 is 9.80 Å². The number of nitrogens with zero attached hydrogens (tertiary/aromatic N) is 2. The molecule has 2 nitrogen and oxygen atoms in total. The summed E-state index contributed by atoms with van der Waals surface area (Å²) in [6, 6.07) is 109. The van der Waals surface area contributed by atoms with Crippen LogP contribution in [0.2, 0.25) is 0 Å². The summed E-state index contributed by atoms with van der Waals surface area (Å²) in [5, 5.41) is 0. The average molecular weight is 1150 g/mol. The molecule has 436 valence electrons. The van der Waals surface area contributed by atoms with Crippen LogP contribution in [-0.2, 0) is 29.1 Å². The lowest BCUT2D eigenvalue weighted by molar-refractivity contribution is 0.350. The van der Waals surface area contributed by atoms with Gasteiger partial charge in [-0.05, 0) is 222 Å². The summed E-state index contributed by atoms with van der Waals surface area (Å²) >= 11 is 0. The fourth-order valence-corrected chi connectivity index (χ4v) is 15.0. The molecular weight excluding hydrogens is 1070 g/mol. The van der Waals surface area contributed by atoms with E-state index < -0.39 is 0 Å². The Morgan fingerprint density at radius 1 is 0.247 bits per heavy atom. The zero-order valence-electron chi connectivity index (χ0n) is 52.3. The highest BCUT2D eigenvalue weighted by atomic mass is 15.1. The smallest absolute Gasteiger partial charge is 0.0467 e. The van der Waals surface area contributed by atoms with Crippen LogP contribution in [0, 0.1) is 0 Å². The van der Waals surface area contributed by atoms with Crippen molar-refractivity contribution in [3.05, 3.63) is 325 Å². The van der Waals surface area contributed by atoms with E-state index in [-0.39, 0.29) is 16.2 Å². The molecule has 0 radical (unpaired) electrons. The third-order valence-corrected chi connectivity index (χ3v) is 19.3. The van der Waals surface area contributed by atoms with Crippen LogP contribution in [0.25, 0.3) is 66.8 Å². The first-order valence-corrected chi connectivity index (χ1v) is 32.2. The van der Waals surface area contributed by atoms with Gasteiger partial charge < -0.3 is 9.80 Å². The molecule has 12 aromatic rings. The van der Waals surface area contributed by atoms with Gasteiger partial charge in [0.05, 0.1) is 0 Å². The van der Waals surface area contributed by atoms with Gasteiger partial charge in [-0.2, -0.15) is 0 Å². The molecule has 0 unspecified atom stereocenters. The number of hydrogen-bond acceptors (Lipinski definition) is 2. The van der Waals surface area contributed by atoms with Gasteiger partial charge in [0.1, 0.15) is 0 Å². The van der Waals surface area contributed by atoms with Crippen molar-refractivity contribution < 1.29 is 0 Å². The van der Waals surface area contributed by atoms with Crippen molar-refractivity contribution >= 4 is 34.1 Å². The fraction of sp³-hybridized carbons (Fsp3) is 0.172. The second-order valence-corrected chi connectivity index (χ2v) is 26.3. The Balaban J connectivity index is 0.822. The molecule has 0 aliphatic heterocycles. The molecule has 0 fully saturated rings. The molecule has 2 aliphatic rings. The Morgan fingerprint density at radius 2 is 0.517 bits per heavy atom. The van der Waals surface area contributed by atoms with E-state index in [2.05, 4.69) is 343 Å². The van der Waals surface area contributed by atoms with Crippen LogP contribution in [0.4, 0.5) is 34.1 Å². The lowest BCUT2D eigenvalue weighted by Crippen LogP contribution is -2.27. The summed E-state index contributed by atoms with van der Waals surface area (Å²) in [5.74, 6) is 0. The van der Waals surface area contributed by atoms with Crippen molar-refractivity contribution in [3.8, 4) is 66.8 Å². The number of fused-ring (bicyclic) bond motifs is 4. The molecule has 2 heteroatoms. The maximum Gasteiger partial charge on any atom is 0.0467 e. The van der Waals surface area contributed by atoms with Crippen LogP contribution >= 0.6 is 0 Å². The summed E-state index contributed by atoms with van der Waals surface area (Å²) in [5.41, 5.74) is 29.7. The van der Waals surface area contributed by atoms with E-state index in [9.17, 15) is 0 Å². The predicted molar refractivity (Wildman–Crippen MR) is 379 cm³/mol. The van der Waals surface area contributed by atoms with Crippen LogP contribution in [0.5, 0.6) is 0 Å². The molecule has 14 rings (SSSR count). The van der Waals surface area contributed by atoms with Gasteiger partial charge >= 0.3 is 0 Å². The maximum absolute atomic E-state index is 2.58. The van der Waals surface area contributed by atoms with Gasteiger partial charge in [0.25, 0.3) is 0 Å². The zero-order chi connectivity index (χ0) is 60.7. The van der Waals surface area contributed by atoms with Crippen molar-refractivity contribution in [2.24, 2.45) is 0 Å². The molecule has 0 saturated heterocycles. The molecule has 0 saturated carbocycles. The highest BCUT2D eigenvalue weighted by molar-refractivity contribution is 5.85. The van der Waals surface area contributed by atoms with E-state index in [1.54, 1.807) is 0 Å². The van der Waals surface area contributed by atoms with Gasteiger partial charge in [0.15, 0.2) is 0 Å². The zero-order valence-corrected chi connectivity index (χ0v) is 52.3. The van der Waals surface area contributed by atoms with Gasteiger partial charge in [-0.15, -0.1) is 0 Å². The molecule has 0 amide bonds. The van der Waals surface area contributed by atoms with Crippen molar-refractivity contribution in [1.82, 2.24) is 0 Å². The summed E-state index contributed by atoms with van der Waals surface area (Å²) in [6.45, 7) is 14.4. The number of hydrogen-bond donors (Lipinski definition) is 0. The molecule has 89 heavy (non-hydrogen) atoms. The predicted octanol–water partition coefficient (Wildman–Crippen LogP) is 24.2. The van der Waals surface area contributed by atoms with Gasteiger partial charge in [-0.3, -0.25) is 0 Å². The molecular formula is C87H78N2. The van der Waals surface area contributed by atoms with Gasteiger partial charge in [0.2, 0.25) is 0 Å². The van der Waals surface area contributed by atoms with E-state index in [4.69, 9.17) is 0 Å². The van der Waals surface area contributed by atoms with Crippen molar-refractivity contribution in [2.45, 2.75) is 96.3 Å². The van der Waals surface area contributed by atoms with Crippen molar-refractivity contribution in [2.75, 3.05) is 9.80 Å². The van der Waals surface area contributed by atoms with Gasteiger partial charge in [-0.25, -0.2) is 0 Å². The van der Waals surface area contributed by atoms with Gasteiger partial charge in [0, 0.05) is 39.5 Å². The lowest BCUT2D eigenvalue weighted by Gasteiger charge is -2.31. The first-order chi connectivity index (χ1) is 43.4. The standard InChI is InChI=1S/C87H78N2/c1-7-17-61-27-31-65(32-28-61)69-39-49-77(50-40-69)88(75-45-35-67(36-46-75)63-19-11-9-12-20-63)79-25-15-23-71(55-79)73-43-53-81-83(57-73)87(59-85(81,3)4)60-86(5,6)82-54-44-74(58-84(82)87)72-24-16-26-80(56-72)89(76-47-37-68(38-48-76)64-21-13-10-14-22-64)78-51-41-70(42-52-78)66-33-29-62(18-8-2)30-34-66/h9-16,19-58H,7-8,17-18,59-60H2,1-6H3. The number of aryl methyl sites for hydroxylation is 2. The SMILES string of the molecule is CCCc1ccc(-c2ccc(N(c3ccc(-c4ccccc4)cc3)c3cccc(-c4ccc5c(c4)C4(CC5(C)C)CC(C)(C)c5ccc(-c6cccc(N(c7ccc(-c8ccccc8)cc7)c7ccc(-c8ccc(CCC)cc8)cc7)c6)cc54)c3)cc2)cc1. The second-order valence-electron chi connectivity index (χ2n) is 26.3. The second kappa shape index (κ2) is 23.7. The minimum Gasteiger partial charge on any atom is -0.310 e. The first kappa shape index (κ1) is 57.0. The first-order valence-electron chi connectivity index (χ1n) is 32.2. The molecule has 0 atom stereocenters. The normalized spacial score (nSPS) is 14.1. The largest absolute Gasteiger partial charge is 0.310 e. The van der Waals surface area contributed by atoms with Crippen molar-refractivity contribution in [1.29, 1.82) is 0 Å². The Hall–Kier alpha value is -9.76. The Labute approximate surface area is 528 Å². The van der Waals surface area contributed by atoms with E-state index in [1.807, 2.05) is 0 Å². The summed E-state index contributed by atoms with van der Waals surface area (Å²) in [7, 11) is 0. The highest BCUT2D eigenvalue weighted by Crippen LogP contribution is 2.63. The molecule has 12 aromatic carbocycles. The summed E-state index contributed by atoms with van der Waals surface area (Å²) < 4.78 is 0. The number of rotatable bonds is 16. The summed E-state index contributed by atoms with van der Waals surface area (Å²) in [6.07, 6.45) is 6.60. The van der Waals surface area contributed by atoms with E-state index in [0.29, 0.717) is 0 Å². The molecule has 1 spiro atoms. The topological polar surface area (TPSA) is 6.48 Å². The molecule has 2 aliphatic carbocycles. The molecule has 0 heterocycles. The lowest BCUT2D eigenvalue weighted by atomic mass is 9.72. The van der Waals surface area contributed by atoms with Crippen molar-refractivity contribution in [3.63, 3.8) is 0 Å². The number of anilines is 6. The third kappa shape index (κ3) is 11.1. The van der Waals surface area contributed by atoms with E-state index >= 15 is 0 Å². The van der Waals surface area contributed by atoms with Crippen LogP contribution in [0.1, 0.15) is 101 Å². The average Bonchev–Trinajstić information content (AvgIpc) is 1.53. The van der Waals surface area contributed by atoms with Crippen LogP contribution in [0.3, 0.4) is 0 Å². The van der Waals surface area contributed by atoms with Crippen LogP contribution in [0.15, 0.2) is 291 Å². The fourth-order valence-electron chi connectivity index (χ4n) is 15.0. The third-order valence-electron chi connectivity index (χ3n) is 19.3. The highest BCUT2D eigenvalue weighted by Gasteiger charge is 2.56. The van der Waals surface area contributed by atoms with Crippen LogP contribution in [-0.4, -0.2) is 0 Å². The number of benzene rings is 12. The van der Waals surface area contributed by atoms with E-state index in [0.717, 1.165) is 72.6 Å². The molecule has 0 bridgehead atoms. The Kier molecular flexibility index (Phi) is 15.2.